The summed E-state index contributed by atoms with van der Waals surface area (Å²) in [6.07, 6.45) is 0.296. The molecule has 0 aliphatic rings. The van der Waals surface area contributed by atoms with Crippen molar-refractivity contribution < 1.29 is 2.74 Å². The maximum absolute atomic E-state index is 7.72. The zero-order chi connectivity index (χ0) is 12.5. The Balaban J connectivity index is 2.45. The summed E-state index contributed by atoms with van der Waals surface area (Å²) in [6, 6.07) is 11.9. The van der Waals surface area contributed by atoms with Gasteiger partial charge in [0.1, 0.15) is 0 Å². The van der Waals surface area contributed by atoms with E-state index in [1.807, 2.05) is 43.3 Å². The Bertz CT molecular complexity index is 515. The zero-order valence-corrected chi connectivity index (χ0v) is 8.99. The average molecular weight is 199 g/mol. The molecular weight excluding hydrogens is 182 g/mol. The van der Waals surface area contributed by atoms with Gasteiger partial charge in [0.25, 0.3) is 0 Å². The van der Waals surface area contributed by atoms with E-state index in [-0.39, 0.29) is 0 Å². The number of rotatable bonds is 2. The van der Waals surface area contributed by atoms with Crippen LogP contribution in [0.25, 0.3) is 11.3 Å². The minimum atomic E-state index is -1.34. The molecule has 0 N–H and O–H groups in total. The molecule has 2 aromatic rings. The van der Waals surface area contributed by atoms with Crippen LogP contribution in [0.2, 0.25) is 0 Å². The number of hydrogen-bond donors (Lipinski definition) is 0. The Hall–Kier alpha value is -1.63. The standard InChI is InChI=1S/C14H15N/c1-3-12-10-15-14(9-11(12)2)13-7-5-4-6-8-13/h4-10H,3H2,1-2H3/i3D2. The van der Waals surface area contributed by atoms with Crippen molar-refractivity contribution in [1.29, 1.82) is 0 Å². The van der Waals surface area contributed by atoms with Gasteiger partial charge in [-0.25, -0.2) is 0 Å². The molecule has 0 radical (unpaired) electrons. The monoisotopic (exact) mass is 199 g/mol. The van der Waals surface area contributed by atoms with E-state index in [0.29, 0.717) is 5.56 Å². The smallest absolute Gasteiger partial charge is 0.0704 e. The van der Waals surface area contributed by atoms with Crippen molar-refractivity contribution in [1.82, 2.24) is 4.98 Å². The van der Waals surface area contributed by atoms with E-state index in [2.05, 4.69) is 4.98 Å². The normalized spacial score (nSPS) is 13.2. The molecule has 0 aliphatic heterocycles. The molecule has 0 aliphatic carbocycles. The highest BCUT2D eigenvalue weighted by Gasteiger charge is 2.01. The van der Waals surface area contributed by atoms with Crippen molar-refractivity contribution in [3.63, 3.8) is 0 Å². The molecule has 0 spiro atoms. The Labute approximate surface area is 93.6 Å². The summed E-state index contributed by atoms with van der Waals surface area (Å²) in [5, 5.41) is 0. The topological polar surface area (TPSA) is 12.9 Å². The molecule has 2 rings (SSSR count). The number of nitrogens with zero attached hydrogens (tertiary/aromatic N) is 1. The van der Waals surface area contributed by atoms with E-state index >= 15 is 0 Å². The predicted molar refractivity (Wildman–Crippen MR) is 63.8 cm³/mol. The van der Waals surface area contributed by atoms with Crippen LogP contribution in [0.5, 0.6) is 0 Å². The summed E-state index contributed by atoms with van der Waals surface area (Å²) in [6.45, 7) is 3.48. The number of hydrogen-bond acceptors (Lipinski definition) is 1. The fraction of sp³-hybridized carbons (Fsp3) is 0.214. The second kappa shape index (κ2) is 4.26. The maximum atomic E-state index is 7.72. The molecule has 0 unspecified atom stereocenters. The van der Waals surface area contributed by atoms with Crippen molar-refractivity contribution in [3.8, 4) is 11.3 Å². The number of aryl methyl sites for hydroxylation is 2. The molecule has 0 saturated heterocycles. The Kier molecular flexibility index (Phi) is 2.17. The van der Waals surface area contributed by atoms with E-state index in [1.165, 1.54) is 0 Å². The third kappa shape index (κ3) is 2.07. The first kappa shape index (κ1) is 7.63. The quantitative estimate of drug-likeness (QED) is 0.720. The summed E-state index contributed by atoms with van der Waals surface area (Å²) in [7, 11) is 0. The first-order valence-corrected chi connectivity index (χ1v) is 5.01. The number of pyridine rings is 1. The Morgan fingerprint density at radius 3 is 2.60 bits per heavy atom. The van der Waals surface area contributed by atoms with Gasteiger partial charge in [-0.15, -0.1) is 0 Å². The molecule has 1 heteroatoms. The fourth-order valence-electron chi connectivity index (χ4n) is 1.58. The highest BCUT2D eigenvalue weighted by Crippen LogP contribution is 2.19. The van der Waals surface area contributed by atoms with E-state index in [0.717, 1.165) is 16.8 Å². The van der Waals surface area contributed by atoms with E-state index < -0.39 is 6.37 Å². The Morgan fingerprint density at radius 2 is 2.00 bits per heavy atom. The average Bonchev–Trinajstić information content (AvgIpc) is 2.28. The third-order valence-corrected chi connectivity index (χ3v) is 2.45. The first-order valence-electron chi connectivity index (χ1n) is 6.01. The van der Waals surface area contributed by atoms with E-state index in [1.54, 1.807) is 13.1 Å². The molecule has 1 nitrogen and oxygen atoms in total. The van der Waals surface area contributed by atoms with Gasteiger partial charge in [-0.2, -0.15) is 0 Å². The van der Waals surface area contributed by atoms with Crippen LogP contribution in [-0.2, 0) is 6.37 Å². The lowest BCUT2D eigenvalue weighted by Crippen LogP contribution is -1.91. The van der Waals surface area contributed by atoms with Gasteiger partial charge in [0, 0.05) is 14.5 Å². The molecule has 0 bridgehead atoms. The molecule has 1 aromatic carbocycles. The van der Waals surface area contributed by atoms with E-state index in [4.69, 9.17) is 2.74 Å². The second-order valence-corrected chi connectivity index (χ2v) is 3.50. The summed E-state index contributed by atoms with van der Waals surface area (Å²) in [5.74, 6) is 0. The van der Waals surface area contributed by atoms with Crippen molar-refractivity contribution in [3.05, 3.63) is 53.7 Å². The van der Waals surface area contributed by atoms with Crippen LogP contribution < -0.4 is 0 Å². The van der Waals surface area contributed by atoms with Gasteiger partial charge in [0.15, 0.2) is 0 Å². The second-order valence-electron chi connectivity index (χ2n) is 3.50. The molecule has 0 atom stereocenters. The third-order valence-electron chi connectivity index (χ3n) is 2.45. The lowest BCUT2D eigenvalue weighted by atomic mass is 10.1. The van der Waals surface area contributed by atoms with Crippen molar-refractivity contribution in [2.75, 3.05) is 0 Å². The van der Waals surface area contributed by atoms with Gasteiger partial charge in [0.2, 0.25) is 0 Å². The maximum Gasteiger partial charge on any atom is 0.0704 e. The van der Waals surface area contributed by atoms with Crippen LogP contribution in [0.3, 0.4) is 0 Å². The minimum Gasteiger partial charge on any atom is -0.256 e. The van der Waals surface area contributed by atoms with Gasteiger partial charge < -0.3 is 0 Å². The SMILES string of the molecule is [2H]C([2H])(C)c1cnc(-c2ccccc2)cc1C. The molecular formula is C14H15N. The zero-order valence-electron chi connectivity index (χ0n) is 11.0. The highest BCUT2D eigenvalue weighted by molar-refractivity contribution is 5.59. The summed E-state index contributed by atoms with van der Waals surface area (Å²) >= 11 is 0. The van der Waals surface area contributed by atoms with Gasteiger partial charge in [-0.05, 0) is 30.5 Å². The summed E-state index contributed by atoms with van der Waals surface area (Å²) in [5.41, 5.74) is 3.53. The van der Waals surface area contributed by atoms with Gasteiger partial charge in [-0.3, -0.25) is 4.98 Å². The van der Waals surface area contributed by atoms with Crippen LogP contribution >= 0.6 is 0 Å². The van der Waals surface area contributed by atoms with Crippen LogP contribution in [0.4, 0.5) is 0 Å². The van der Waals surface area contributed by atoms with Crippen molar-refractivity contribution in [2.24, 2.45) is 0 Å². The fourth-order valence-corrected chi connectivity index (χ4v) is 1.58. The lowest BCUT2D eigenvalue weighted by molar-refractivity contribution is 1.07. The van der Waals surface area contributed by atoms with Gasteiger partial charge in [0.05, 0.1) is 5.69 Å². The molecule has 76 valence electrons. The first-order chi connectivity index (χ1) is 7.98. The molecule has 0 amide bonds. The summed E-state index contributed by atoms with van der Waals surface area (Å²) < 4.78 is 15.4. The van der Waals surface area contributed by atoms with Gasteiger partial charge >= 0.3 is 0 Å². The Morgan fingerprint density at radius 1 is 1.27 bits per heavy atom. The van der Waals surface area contributed by atoms with Crippen LogP contribution in [-0.4, -0.2) is 4.98 Å². The highest BCUT2D eigenvalue weighted by atomic mass is 14.7. The lowest BCUT2D eigenvalue weighted by Gasteiger charge is -2.05. The van der Waals surface area contributed by atoms with Gasteiger partial charge in [-0.1, -0.05) is 37.3 Å². The number of benzene rings is 1. The van der Waals surface area contributed by atoms with Crippen LogP contribution in [0, 0.1) is 6.92 Å². The van der Waals surface area contributed by atoms with E-state index in [9.17, 15) is 0 Å². The molecule has 1 aromatic heterocycles. The minimum absolute atomic E-state index is 0.650. The summed E-state index contributed by atoms with van der Waals surface area (Å²) in [4.78, 5) is 4.34. The molecule has 1 heterocycles. The molecule has 0 saturated carbocycles. The largest absolute Gasteiger partial charge is 0.256 e. The molecule has 15 heavy (non-hydrogen) atoms. The predicted octanol–water partition coefficient (Wildman–Crippen LogP) is 3.62. The van der Waals surface area contributed by atoms with Crippen LogP contribution in [0.1, 0.15) is 20.8 Å². The van der Waals surface area contributed by atoms with Crippen molar-refractivity contribution in [2.45, 2.75) is 20.2 Å². The van der Waals surface area contributed by atoms with Crippen LogP contribution in [0.15, 0.2) is 42.6 Å². The van der Waals surface area contributed by atoms with Crippen molar-refractivity contribution >= 4 is 0 Å². The molecule has 0 fully saturated rings. The number of aromatic nitrogens is 1.